The molecule has 15 heavy (non-hydrogen) atoms. The number of allylic oxidation sites excluding steroid dienone is 2. The zero-order valence-electron chi connectivity index (χ0n) is 17.0. The van der Waals surface area contributed by atoms with Crippen molar-refractivity contribution in [2.75, 3.05) is 0 Å². The molecule has 1 heterocycles. The van der Waals surface area contributed by atoms with Crippen LogP contribution in [0.15, 0.2) is 47.7 Å². The van der Waals surface area contributed by atoms with E-state index in [1.54, 1.807) is 12.1 Å². The van der Waals surface area contributed by atoms with Crippen LogP contribution in [0.1, 0.15) is 43.2 Å². The van der Waals surface area contributed by atoms with Crippen LogP contribution < -0.4 is 5.32 Å². The van der Waals surface area contributed by atoms with Crippen molar-refractivity contribution in [3.05, 3.63) is 58.8 Å². The van der Waals surface area contributed by atoms with Gasteiger partial charge >= 0.3 is 0 Å². The summed E-state index contributed by atoms with van der Waals surface area (Å²) in [6, 6.07) is 5.53. The molecule has 0 aromatic heterocycles. The van der Waals surface area contributed by atoms with E-state index in [4.69, 9.17) is 12.3 Å². The van der Waals surface area contributed by atoms with Gasteiger partial charge in [-0.15, -0.1) is 0 Å². The van der Waals surface area contributed by atoms with Crippen molar-refractivity contribution in [2.24, 2.45) is 0 Å². The van der Waals surface area contributed by atoms with E-state index in [1.807, 2.05) is 0 Å². The first-order valence-corrected chi connectivity index (χ1v) is 4.60. The number of hydrogen-bond donors (Lipinski definition) is 1. The van der Waals surface area contributed by atoms with Gasteiger partial charge in [-0.1, -0.05) is 35.9 Å². The Labute approximate surface area is 104 Å². The quantitative estimate of drug-likeness (QED) is 0.745. The predicted octanol–water partition coefficient (Wildman–Crippen LogP) is 3.49. The maximum atomic E-state index is 7.58. The number of hydrogen-bond acceptors (Lipinski definition) is 1. The standard InChI is InChI=1S/C14H17N/c1-10-4-6-13(7-5-10)14-8-11(2)12(3)9-15-14/h4-9,14-15H,1-3H3/i1D3,2D3,3D3. The highest BCUT2D eigenvalue weighted by Crippen LogP contribution is 2.23. The molecule has 0 fully saturated rings. The molecule has 0 saturated heterocycles. The molecule has 0 saturated carbocycles. The summed E-state index contributed by atoms with van der Waals surface area (Å²) in [6.07, 6.45) is 2.57. The van der Waals surface area contributed by atoms with Crippen LogP contribution in [0.3, 0.4) is 0 Å². The zero-order chi connectivity index (χ0) is 18.3. The topological polar surface area (TPSA) is 12.0 Å². The molecule has 1 aromatic rings. The maximum Gasteiger partial charge on any atom is 0.0698 e. The number of dihydropyridines is 1. The molecule has 0 radical (unpaired) electrons. The Hall–Kier alpha value is -1.50. The molecule has 78 valence electrons. The van der Waals surface area contributed by atoms with Gasteiger partial charge in [0.25, 0.3) is 0 Å². The SMILES string of the molecule is [2H]C([2H])([2H])C1=CNC(c2ccc(C([2H])([2H])[2H])cc2)C=C1C([2H])([2H])[2H]. The molecule has 1 atom stereocenters. The minimum Gasteiger partial charge on any atom is -0.380 e. The molecule has 0 bridgehead atoms. The molecule has 0 aliphatic carbocycles. The molecule has 0 spiro atoms. The first-order valence-electron chi connectivity index (χ1n) is 9.10. The Bertz CT molecular complexity index is 659. The molecule has 2 rings (SSSR count). The van der Waals surface area contributed by atoms with Crippen LogP contribution in [0, 0.1) is 6.85 Å². The second-order valence-electron chi connectivity index (χ2n) is 3.40. The van der Waals surface area contributed by atoms with Gasteiger partial charge in [-0.05, 0) is 37.3 Å². The van der Waals surface area contributed by atoms with Crippen LogP contribution in [-0.2, 0) is 0 Å². The fourth-order valence-electron chi connectivity index (χ4n) is 1.44. The highest BCUT2D eigenvalue weighted by atomic mass is 14.9. The normalized spacial score (nSPS) is 31.7. The summed E-state index contributed by atoms with van der Waals surface area (Å²) in [5, 5.41) is 2.86. The van der Waals surface area contributed by atoms with Gasteiger partial charge in [0.1, 0.15) is 0 Å². The highest BCUT2D eigenvalue weighted by Gasteiger charge is 2.11. The highest BCUT2D eigenvalue weighted by molar-refractivity contribution is 5.36. The van der Waals surface area contributed by atoms with Crippen LogP contribution in [-0.4, -0.2) is 0 Å². The smallest absolute Gasteiger partial charge is 0.0698 e. The maximum absolute atomic E-state index is 7.58. The van der Waals surface area contributed by atoms with E-state index in [0.717, 1.165) is 0 Å². The van der Waals surface area contributed by atoms with Crippen molar-refractivity contribution in [3.63, 3.8) is 0 Å². The van der Waals surface area contributed by atoms with Crippen LogP contribution in [0.2, 0.25) is 0 Å². The van der Waals surface area contributed by atoms with Crippen molar-refractivity contribution >= 4 is 0 Å². The van der Waals surface area contributed by atoms with Crippen LogP contribution >= 0.6 is 0 Å². The van der Waals surface area contributed by atoms with Gasteiger partial charge in [0, 0.05) is 18.5 Å². The van der Waals surface area contributed by atoms with Gasteiger partial charge in [-0.2, -0.15) is 0 Å². The molecule has 1 nitrogen and oxygen atoms in total. The summed E-state index contributed by atoms with van der Waals surface area (Å²) in [5.74, 6) is 0. The first-order chi connectivity index (χ1) is 10.8. The molecule has 1 N–H and O–H groups in total. The van der Waals surface area contributed by atoms with Crippen molar-refractivity contribution < 1.29 is 12.3 Å². The van der Waals surface area contributed by atoms with Crippen LogP contribution in [0.5, 0.6) is 0 Å². The van der Waals surface area contributed by atoms with E-state index in [-0.39, 0.29) is 16.7 Å². The first kappa shape index (κ1) is 3.82. The fourth-order valence-corrected chi connectivity index (χ4v) is 1.44. The molecular formula is C14H17N. The summed E-state index contributed by atoms with van der Waals surface area (Å²) >= 11 is 0. The van der Waals surface area contributed by atoms with Gasteiger partial charge in [-0.3, -0.25) is 0 Å². The number of aryl methyl sites for hydroxylation is 1. The molecule has 1 aliphatic rings. The van der Waals surface area contributed by atoms with E-state index < -0.39 is 26.6 Å². The van der Waals surface area contributed by atoms with Crippen molar-refractivity contribution in [1.29, 1.82) is 0 Å². The summed E-state index contributed by atoms with van der Waals surface area (Å²) in [5.41, 5.74) is 0.371. The monoisotopic (exact) mass is 208 g/mol. The molecule has 0 amide bonds. The predicted molar refractivity (Wildman–Crippen MR) is 64.6 cm³/mol. The van der Waals surface area contributed by atoms with Crippen molar-refractivity contribution in [2.45, 2.75) is 26.6 Å². The van der Waals surface area contributed by atoms with Crippen molar-refractivity contribution in [1.82, 2.24) is 5.32 Å². The number of rotatable bonds is 1. The lowest BCUT2D eigenvalue weighted by molar-refractivity contribution is 0.730. The number of nitrogens with one attached hydrogen (secondary N) is 1. The Balaban J connectivity index is 2.37. The van der Waals surface area contributed by atoms with Gasteiger partial charge in [0.15, 0.2) is 0 Å². The molecule has 1 heteroatoms. The second-order valence-corrected chi connectivity index (χ2v) is 3.40. The molecular weight excluding hydrogens is 182 g/mol. The summed E-state index contributed by atoms with van der Waals surface area (Å²) in [6.45, 7) is -7.31. The Kier molecular flexibility index (Phi) is 1.00. The average molecular weight is 208 g/mol. The minimum absolute atomic E-state index is 0.181. The third-order valence-corrected chi connectivity index (χ3v) is 2.30. The summed E-state index contributed by atoms with van der Waals surface area (Å²) in [4.78, 5) is 0. The van der Waals surface area contributed by atoms with Gasteiger partial charge in [0.05, 0.1) is 6.04 Å². The second kappa shape index (κ2) is 3.93. The lowest BCUT2D eigenvalue weighted by atomic mass is 9.98. The lowest BCUT2D eigenvalue weighted by Gasteiger charge is -2.21. The molecule has 1 aromatic carbocycles. The summed E-state index contributed by atoms with van der Waals surface area (Å²) in [7, 11) is 0. The third kappa shape index (κ3) is 2.12. The average Bonchev–Trinajstić information content (AvgIpc) is 2.44. The van der Waals surface area contributed by atoms with Crippen LogP contribution in [0.4, 0.5) is 0 Å². The van der Waals surface area contributed by atoms with E-state index in [9.17, 15) is 0 Å². The Morgan fingerprint density at radius 1 is 1.07 bits per heavy atom. The van der Waals surface area contributed by atoms with E-state index in [2.05, 4.69) is 5.32 Å². The van der Waals surface area contributed by atoms with Gasteiger partial charge in [-0.25, -0.2) is 0 Å². The van der Waals surface area contributed by atoms with Crippen LogP contribution in [0.25, 0.3) is 0 Å². The molecule has 1 aliphatic heterocycles. The third-order valence-electron chi connectivity index (χ3n) is 2.30. The Morgan fingerprint density at radius 3 is 2.53 bits per heavy atom. The van der Waals surface area contributed by atoms with E-state index in [0.29, 0.717) is 5.56 Å². The van der Waals surface area contributed by atoms with E-state index in [1.165, 1.54) is 24.4 Å². The Morgan fingerprint density at radius 2 is 1.87 bits per heavy atom. The van der Waals surface area contributed by atoms with Crippen molar-refractivity contribution in [3.8, 4) is 0 Å². The van der Waals surface area contributed by atoms with Gasteiger partial charge in [0.2, 0.25) is 0 Å². The number of benzene rings is 1. The summed E-state index contributed by atoms with van der Waals surface area (Å²) < 4.78 is 67.2. The van der Waals surface area contributed by atoms with Gasteiger partial charge < -0.3 is 5.32 Å². The molecule has 1 unspecified atom stereocenters. The minimum atomic E-state index is -2.56. The van der Waals surface area contributed by atoms with E-state index >= 15 is 0 Å². The lowest BCUT2D eigenvalue weighted by Crippen LogP contribution is -2.17. The fraction of sp³-hybridized carbons (Fsp3) is 0.286. The largest absolute Gasteiger partial charge is 0.380 e. The zero-order valence-corrected chi connectivity index (χ0v) is 8.04.